The van der Waals surface area contributed by atoms with Crippen LogP contribution in [0.5, 0.6) is 0 Å². The molecule has 2 atom stereocenters. The topological polar surface area (TPSA) is 52.6 Å². The summed E-state index contributed by atoms with van der Waals surface area (Å²) in [4.78, 5) is 21.8. The largest absolute Gasteiger partial charge is 0.462 e. The second kappa shape index (κ2) is 2.77. The molecule has 2 unspecified atom stereocenters. The summed E-state index contributed by atoms with van der Waals surface area (Å²) in [5, 5.41) is 0. The van der Waals surface area contributed by atoms with E-state index in [9.17, 15) is 9.59 Å². The van der Waals surface area contributed by atoms with Crippen LogP contribution in [0.2, 0.25) is 0 Å². The van der Waals surface area contributed by atoms with E-state index in [0.717, 1.165) is 0 Å². The van der Waals surface area contributed by atoms with Gasteiger partial charge in [-0.15, -0.1) is 0 Å². The molecule has 4 nitrogen and oxygen atoms in total. The Morgan fingerprint density at radius 1 is 1.75 bits per heavy atom. The zero-order chi connectivity index (χ0) is 9.35. The third-order valence-corrected chi connectivity index (χ3v) is 2.17. The van der Waals surface area contributed by atoms with E-state index in [-0.39, 0.29) is 5.92 Å². The number of esters is 2. The average molecular weight is 172 g/mol. The molecule has 0 aliphatic carbocycles. The van der Waals surface area contributed by atoms with Crippen molar-refractivity contribution < 1.29 is 19.1 Å². The van der Waals surface area contributed by atoms with Gasteiger partial charge in [-0.25, -0.2) is 4.79 Å². The molecule has 68 valence electrons. The van der Waals surface area contributed by atoms with Gasteiger partial charge in [-0.1, -0.05) is 6.92 Å². The molecule has 1 aliphatic heterocycles. The lowest BCUT2D eigenvalue weighted by Crippen LogP contribution is -2.40. The van der Waals surface area contributed by atoms with Crippen LogP contribution in [0.1, 0.15) is 20.8 Å². The molecule has 0 radical (unpaired) electrons. The van der Waals surface area contributed by atoms with E-state index >= 15 is 0 Å². The Morgan fingerprint density at radius 3 is 2.67 bits per heavy atom. The number of ether oxygens (including phenoxy) is 2. The van der Waals surface area contributed by atoms with Crippen LogP contribution in [-0.4, -0.2) is 24.1 Å². The lowest BCUT2D eigenvalue weighted by Gasteiger charge is -2.22. The summed E-state index contributed by atoms with van der Waals surface area (Å²) in [6.45, 7) is 4.99. The Kier molecular flexibility index (Phi) is 2.08. The van der Waals surface area contributed by atoms with Crippen molar-refractivity contribution in [2.24, 2.45) is 5.92 Å². The Bertz CT molecular complexity index is 223. The Balaban J connectivity index is 2.79. The molecule has 1 fully saturated rings. The van der Waals surface area contributed by atoms with E-state index in [1.54, 1.807) is 6.92 Å². The van der Waals surface area contributed by atoms with Crippen LogP contribution in [0, 0.1) is 5.92 Å². The quantitative estimate of drug-likeness (QED) is 0.540. The molecule has 1 rings (SSSR count). The fourth-order valence-electron chi connectivity index (χ4n) is 1.15. The predicted molar refractivity (Wildman–Crippen MR) is 40.3 cm³/mol. The van der Waals surface area contributed by atoms with E-state index in [1.165, 1.54) is 6.92 Å². The average Bonchev–Trinajstić information content (AvgIpc) is 2.16. The first-order valence-electron chi connectivity index (χ1n) is 3.83. The zero-order valence-corrected chi connectivity index (χ0v) is 7.42. The monoisotopic (exact) mass is 172 g/mol. The van der Waals surface area contributed by atoms with Crippen molar-refractivity contribution in [3.8, 4) is 0 Å². The molecule has 0 bridgehead atoms. The fraction of sp³-hybridized carbons (Fsp3) is 0.750. The lowest BCUT2D eigenvalue weighted by atomic mass is 9.94. The van der Waals surface area contributed by atoms with E-state index in [0.29, 0.717) is 6.61 Å². The first-order valence-corrected chi connectivity index (χ1v) is 3.83. The number of hydrogen-bond donors (Lipinski definition) is 0. The van der Waals surface area contributed by atoms with Gasteiger partial charge >= 0.3 is 11.9 Å². The number of rotatable bonds is 1. The Morgan fingerprint density at radius 2 is 2.33 bits per heavy atom. The highest BCUT2D eigenvalue weighted by molar-refractivity contribution is 5.84. The maximum Gasteiger partial charge on any atom is 0.350 e. The molecule has 0 spiro atoms. The van der Waals surface area contributed by atoms with Gasteiger partial charge in [0.25, 0.3) is 0 Å². The maximum absolute atomic E-state index is 11.1. The van der Waals surface area contributed by atoms with E-state index < -0.39 is 17.5 Å². The van der Waals surface area contributed by atoms with Crippen molar-refractivity contribution in [1.29, 1.82) is 0 Å². The van der Waals surface area contributed by atoms with Gasteiger partial charge in [0.2, 0.25) is 5.60 Å². The highest BCUT2D eigenvalue weighted by atomic mass is 16.6. The van der Waals surface area contributed by atoms with Gasteiger partial charge in [0.15, 0.2) is 0 Å². The Hall–Kier alpha value is -1.06. The summed E-state index contributed by atoms with van der Waals surface area (Å²) in [6, 6.07) is 0. The summed E-state index contributed by atoms with van der Waals surface area (Å²) in [5.74, 6) is -0.984. The third-order valence-electron chi connectivity index (χ3n) is 2.17. The van der Waals surface area contributed by atoms with Crippen LogP contribution in [0.3, 0.4) is 0 Å². The molecular weight excluding hydrogens is 160 g/mol. The standard InChI is InChI=1S/C8H12O4/c1-5-4-11-7(10)8(5,3)12-6(2)9/h5H,4H2,1-3H3. The fourth-order valence-corrected chi connectivity index (χ4v) is 1.15. The van der Waals surface area contributed by atoms with Crippen LogP contribution in [0.25, 0.3) is 0 Å². The normalized spacial score (nSPS) is 34.6. The minimum absolute atomic E-state index is 0.0751. The van der Waals surface area contributed by atoms with Crippen molar-refractivity contribution in [3.63, 3.8) is 0 Å². The van der Waals surface area contributed by atoms with Crippen molar-refractivity contribution in [1.82, 2.24) is 0 Å². The summed E-state index contributed by atoms with van der Waals surface area (Å²) >= 11 is 0. The second-order valence-electron chi connectivity index (χ2n) is 3.20. The number of carbonyl (C=O) groups excluding carboxylic acids is 2. The predicted octanol–water partition coefficient (Wildman–Crippen LogP) is 0.501. The third kappa shape index (κ3) is 1.29. The molecule has 0 aromatic heterocycles. The first-order chi connectivity index (χ1) is 5.47. The van der Waals surface area contributed by atoms with Crippen molar-refractivity contribution in [2.45, 2.75) is 26.4 Å². The first kappa shape index (κ1) is 9.03. The van der Waals surface area contributed by atoms with Gasteiger partial charge in [0.05, 0.1) is 6.61 Å². The van der Waals surface area contributed by atoms with Crippen molar-refractivity contribution >= 4 is 11.9 Å². The molecule has 1 aliphatic rings. The minimum atomic E-state index is -1.08. The summed E-state index contributed by atoms with van der Waals surface area (Å²) < 4.78 is 9.68. The molecule has 4 heteroatoms. The number of cyclic esters (lactones) is 1. The Labute approximate surface area is 70.8 Å². The lowest BCUT2D eigenvalue weighted by molar-refractivity contribution is -0.171. The molecule has 0 saturated carbocycles. The molecule has 12 heavy (non-hydrogen) atoms. The van der Waals surface area contributed by atoms with Crippen LogP contribution in [-0.2, 0) is 19.1 Å². The molecule has 1 heterocycles. The van der Waals surface area contributed by atoms with Crippen LogP contribution in [0.15, 0.2) is 0 Å². The van der Waals surface area contributed by atoms with Crippen LogP contribution >= 0.6 is 0 Å². The molecule has 0 amide bonds. The van der Waals surface area contributed by atoms with E-state index in [4.69, 9.17) is 9.47 Å². The van der Waals surface area contributed by atoms with Gasteiger partial charge in [0, 0.05) is 12.8 Å². The highest BCUT2D eigenvalue weighted by Crippen LogP contribution is 2.29. The number of carbonyl (C=O) groups is 2. The van der Waals surface area contributed by atoms with Gasteiger partial charge in [-0.05, 0) is 6.92 Å². The van der Waals surface area contributed by atoms with Crippen molar-refractivity contribution in [3.05, 3.63) is 0 Å². The smallest absolute Gasteiger partial charge is 0.350 e. The minimum Gasteiger partial charge on any atom is -0.462 e. The second-order valence-corrected chi connectivity index (χ2v) is 3.20. The van der Waals surface area contributed by atoms with Crippen molar-refractivity contribution in [2.75, 3.05) is 6.61 Å². The summed E-state index contributed by atoms with van der Waals surface area (Å²) in [7, 11) is 0. The van der Waals surface area contributed by atoms with Gasteiger partial charge in [-0.3, -0.25) is 4.79 Å². The molecular formula is C8H12O4. The number of hydrogen-bond acceptors (Lipinski definition) is 4. The van der Waals surface area contributed by atoms with Gasteiger partial charge in [0.1, 0.15) is 0 Å². The molecule has 0 aromatic carbocycles. The summed E-state index contributed by atoms with van der Waals surface area (Å²) in [5.41, 5.74) is -1.08. The zero-order valence-electron chi connectivity index (χ0n) is 7.42. The van der Waals surface area contributed by atoms with Crippen LogP contribution < -0.4 is 0 Å². The van der Waals surface area contributed by atoms with Gasteiger partial charge < -0.3 is 9.47 Å². The molecule has 0 N–H and O–H groups in total. The molecule has 1 saturated heterocycles. The summed E-state index contributed by atoms with van der Waals surface area (Å²) in [6.07, 6.45) is 0. The van der Waals surface area contributed by atoms with Crippen LogP contribution in [0.4, 0.5) is 0 Å². The highest BCUT2D eigenvalue weighted by Gasteiger charge is 2.49. The van der Waals surface area contributed by atoms with Gasteiger partial charge in [-0.2, -0.15) is 0 Å². The van der Waals surface area contributed by atoms with E-state index in [1.807, 2.05) is 6.92 Å². The van der Waals surface area contributed by atoms with E-state index in [2.05, 4.69) is 0 Å². The SMILES string of the molecule is CC(=O)OC1(C)C(=O)OCC1C. The maximum atomic E-state index is 11.1. The molecule has 0 aromatic rings.